The number of alkyl halides is 3. The van der Waals surface area contributed by atoms with Crippen molar-refractivity contribution in [3.8, 4) is 0 Å². The molecule has 0 aliphatic carbocycles. The van der Waals surface area contributed by atoms with E-state index in [2.05, 4.69) is 10.3 Å². The second-order valence-electron chi connectivity index (χ2n) is 8.77. The van der Waals surface area contributed by atoms with Gasteiger partial charge in [0.05, 0.1) is 17.6 Å². The fourth-order valence-electron chi connectivity index (χ4n) is 4.12. The lowest BCUT2D eigenvalue weighted by atomic mass is 9.96. The fraction of sp³-hybridized carbons (Fsp3) is 0.360. The summed E-state index contributed by atoms with van der Waals surface area (Å²) in [5.74, 6) is -4.89. The topological polar surface area (TPSA) is 125 Å². The number of hydrogen-bond donors (Lipinski definition) is 3. The Hall–Kier alpha value is -4.00. The summed E-state index contributed by atoms with van der Waals surface area (Å²) in [6, 6.07) is 12.6. The zero-order valence-corrected chi connectivity index (χ0v) is 20.1. The molecule has 1 fully saturated rings. The molecule has 1 aliphatic heterocycles. The highest BCUT2D eigenvalue weighted by Gasteiger charge is 2.38. The summed E-state index contributed by atoms with van der Waals surface area (Å²) in [6.45, 7) is 2.09. The lowest BCUT2D eigenvalue weighted by molar-refractivity contribution is -0.159. The second-order valence-corrected chi connectivity index (χ2v) is 8.77. The summed E-state index contributed by atoms with van der Waals surface area (Å²) in [5.41, 5.74) is 1.64. The normalized spacial score (nSPS) is 14.5. The van der Waals surface area contributed by atoms with Gasteiger partial charge in [-0.05, 0) is 61.7 Å². The number of carboxylic acid groups (broad SMARTS) is 2. The Labute approximate surface area is 214 Å². The van der Waals surface area contributed by atoms with Gasteiger partial charge in [0, 0.05) is 13.1 Å². The van der Waals surface area contributed by atoms with Crippen molar-refractivity contribution in [1.82, 2.24) is 19.8 Å². The summed E-state index contributed by atoms with van der Waals surface area (Å²) in [4.78, 5) is 36.2. The van der Waals surface area contributed by atoms with E-state index >= 15 is 0 Å². The molecule has 1 aromatic heterocycles. The van der Waals surface area contributed by atoms with E-state index in [0.29, 0.717) is 43.5 Å². The number of carbonyl (C=O) groups excluding carboxylic acids is 1. The number of nitrogens with zero attached hydrogens (tertiary/aromatic N) is 3. The number of para-hydroxylation sites is 2. The number of rotatable bonds is 6. The van der Waals surface area contributed by atoms with Crippen LogP contribution in [-0.4, -0.2) is 62.1 Å². The highest BCUT2D eigenvalue weighted by Crippen LogP contribution is 2.33. The molecule has 2 heterocycles. The number of hydrogen-bond acceptors (Lipinski definition) is 5. The van der Waals surface area contributed by atoms with Crippen molar-refractivity contribution in [1.29, 1.82) is 0 Å². The summed E-state index contributed by atoms with van der Waals surface area (Å²) in [6.07, 6.45) is -3.10. The van der Waals surface area contributed by atoms with Crippen LogP contribution in [0.1, 0.15) is 24.2 Å². The monoisotopic (exact) mass is 538 g/mol. The molecule has 1 amide bonds. The Morgan fingerprint density at radius 2 is 1.58 bits per heavy atom. The predicted molar refractivity (Wildman–Crippen MR) is 127 cm³/mol. The number of aromatic nitrogens is 2. The molecule has 9 nitrogen and oxygen atoms in total. The van der Waals surface area contributed by atoms with Crippen LogP contribution in [0.2, 0.25) is 0 Å². The van der Waals surface area contributed by atoms with E-state index in [1.807, 2.05) is 4.90 Å². The van der Waals surface area contributed by atoms with Gasteiger partial charge in [0.15, 0.2) is 0 Å². The van der Waals surface area contributed by atoms with Crippen molar-refractivity contribution in [2.24, 2.45) is 5.92 Å². The number of piperidine rings is 1. The predicted octanol–water partition coefficient (Wildman–Crippen LogP) is 3.38. The fourth-order valence-corrected chi connectivity index (χ4v) is 4.12. The van der Waals surface area contributed by atoms with Crippen LogP contribution in [0, 0.1) is 11.7 Å². The van der Waals surface area contributed by atoms with Gasteiger partial charge >= 0.3 is 18.1 Å². The van der Waals surface area contributed by atoms with E-state index in [4.69, 9.17) is 19.8 Å². The number of imidazole rings is 1. The molecule has 4 rings (SSSR count). The van der Waals surface area contributed by atoms with Crippen molar-refractivity contribution < 1.29 is 42.2 Å². The molecule has 204 valence electrons. The lowest BCUT2D eigenvalue weighted by Gasteiger charge is -2.32. The van der Waals surface area contributed by atoms with Crippen LogP contribution >= 0.6 is 0 Å². The maximum Gasteiger partial charge on any atom is 0.449 e. The van der Waals surface area contributed by atoms with Crippen LogP contribution < -0.4 is 5.32 Å². The first-order valence-corrected chi connectivity index (χ1v) is 11.7. The number of halogens is 4. The van der Waals surface area contributed by atoms with Crippen molar-refractivity contribution in [3.63, 3.8) is 0 Å². The smallest absolute Gasteiger partial charge is 0.449 e. The molecule has 3 N–H and O–H groups in total. The Balaban J connectivity index is 0.000000599. The standard InChI is InChI=1S/C23H24F4N4O.C2H2O4/c24-18-7-5-16(6-8-18)13-28-21(32)15-30-11-9-17(10-12-30)14-31-20-4-2-1-3-19(20)29-22(31)23(25,26)27;3-1(4)2(5)6/h1-8,17H,9-15H2,(H,28,32);(H,3,4)(H,5,6). The highest BCUT2D eigenvalue weighted by molar-refractivity contribution is 6.27. The summed E-state index contributed by atoms with van der Waals surface area (Å²) < 4.78 is 54.8. The molecule has 2 aromatic carbocycles. The molecule has 0 radical (unpaired) electrons. The van der Waals surface area contributed by atoms with E-state index in [1.54, 1.807) is 36.4 Å². The van der Waals surface area contributed by atoms with Crippen LogP contribution in [-0.2, 0) is 33.6 Å². The zero-order valence-electron chi connectivity index (χ0n) is 20.1. The SMILES string of the molecule is O=C(CN1CCC(Cn2c(C(F)(F)F)nc3ccccc32)CC1)NCc1ccc(F)cc1.O=C(O)C(=O)O. The van der Waals surface area contributed by atoms with Crippen LogP contribution in [0.4, 0.5) is 17.6 Å². The third-order valence-electron chi connectivity index (χ3n) is 6.01. The maximum atomic E-state index is 13.5. The average Bonchev–Trinajstić information content (AvgIpc) is 3.24. The summed E-state index contributed by atoms with van der Waals surface area (Å²) in [7, 11) is 0. The number of fused-ring (bicyclic) bond motifs is 1. The number of amides is 1. The largest absolute Gasteiger partial charge is 0.473 e. The first-order chi connectivity index (χ1) is 17.9. The van der Waals surface area contributed by atoms with Gasteiger partial charge in [-0.3, -0.25) is 9.69 Å². The van der Waals surface area contributed by atoms with Gasteiger partial charge in [-0.2, -0.15) is 13.2 Å². The van der Waals surface area contributed by atoms with E-state index < -0.39 is 23.9 Å². The first kappa shape index (κ1) is 28.6. The molecule has 0 bridgehead atoms. The zero-order chi connectivity index (χ0) is 27.9. The average molecular weight is 538 g/mol. The molecule has 1 saturated heterocycles. The molecule has 13 heteroatoms. The van der Waals surface area contributed by atoms with Crippen molar-refractivity contribution >= 4 is 28.9 Å². The number of carbonyl (C=O) groups is 3. The van der Waals surface area contributed by atoms with Gasteiger partial charge < -0.3 is 20.1 Å². The van der Waals surface area contributed by atoms with Gasteiger partial charge in [-0.1, -0.05) is 24.3 Å². The van der Waals surface area contributed by atoms with E-state index in [-0.39, 0.29) is 30.7 Å². The third kappa shape index (κ3) is 8.00. The summed E-state index contributed by atoms with van der Waals surface area (Å²) in [5, 5.41) is 17.6. The molecule has 0 unspecified atom stereocenters. The van der Waals surface area contributed by atoms with Crippen LogP contribution in [0.15, 0.2) is 48.5 Å². The van der Waals surface area contributed by atoms with Crippen LogP contribution in [0.25, 0.3) is 11.0 Å². The second kappa shape index (κ2) is 12.5. The lowest BCUT2D eigenvalue weighted by Crippen LogP contribution is -2.42. The number of carboxylic acids is 2. The number of nitrogens with one attached hydrogen (secondary N) is 1. The molecule has 1 aliphatic rings. The molecular weight excluding hydrogens is 512 g/mol. The number of aliphatic carboxylic acids is 2. The molecule has 38 heavy (non-hydrogen) atoms. The van der Waals surface area contributed by atoms with Gasteiger partial charge in [-0.15, -0.1) is 0 Å². The van der Waals surface area contributed by atoms with E-state index in [1.165, 1.54) is 16.7 Å². The van der Waals surface area contributed by atoms with Crippen LogP contribution in [0.3, 0.4) is 0 Å². The maximum absolute atomic E-state index is 13.5. The van der Waals surface area contributed by atoms with Gasteiger partial charge in [0.25, 0.3) is 0 Å². The Morgan fingerprint density at radius 1 is 0.974 bits per heavy atom. The van der Waals surface area contributed by atoms with Crippen molar-refractivity contribution in [3.05, 3.63) is 65.7 Å². The molecule has 0 spiro atoms. The minimum atomic E-state index is -4.51. The first-order valence-electron chi connectivity index (χ1n) is 11.7. The highest BCUT2D eigenvalue weighted by atomic mass is 19.4. The van der Waals surface area contributed by atoms with Crippen molar-refractivity contribution in [2.45, 2.75) is 32.1 Å². The number of benzene rings is 2. The van der Waals surface area contributed by atoms with Gasteiger partial charge in [-0.25, -0.2) is 19.0 Å². The Kier molecular flexibility index (Phi) is 9.40. The van der Waals surface area contributed by atoms with Gasteiger partial charge in [0.1, 0.15) is 5.82 Å². The minimum Gasteiger partial charge on any atom is -0.473 e. The molecule has 0 atom stereocenters. The molecule has 3 aromatic rings. The van der Waals surface area contributed by atoms with E-state index in [0.717, 1.165) is 5.56 Å². The van der Waals surface area contributed by atoms with Crippen molar-refractivity contribution in [2.75, 3.05) is 19.6 Å². The minimum absolute atomic E-state index is 0.0761. The molecule has 0 saturated carbocycles. The van der Waals surface area contributed by atoms with Gasteiger partial charge in [0.2, 0.25) is 11.7 Å². The quantitative estimate of drug-likeness (QED) is 0.325. The summed E-state index contributed by atoms with van der Waals surface area (Å²) >= 11 is 0. The Bertz CT molecular complexity index is 1260. The Morgan fingerprint density at radius 3 is 2.16 bits per heavy atom. The molecular formula is C25H26F4N4O5. The van der Waals surface area contributed by atoms with E-state index in [9.17, 15) is 22.4 Å². The third-order valence-corrected chi connectivity index (χ3v) is 6.01. The number of likely N-dealkylation sites (tertiary alicyclic amines) is 1. The van der Waals surface area contributed by atoms with Crippen LogP contribution in [0.5, 0.6) is 0 Å².